The van der Waals surface area contributed by atoms with Gasteiger partial charge in [-0.25, -0.2) is 13.4 Å². The van der Waals surface area contributed by atoms with Crippen LogP contribution in [-0.4, -0.2) is 18.3 Å². The minimum absolute atomic E-state index is 0.125. The van der Waals surface area contributed by atoms with Crippen LogP contribution in [0.25, 0.3) is 0 Å². The quantitative estimate of drug-likeness (QED) is 0.427. The number of nitro benzene ring substituents is 1. The standard InChI is InChI=1S/C9H9N5O4S2/c10-12-6-1-2-8(7(5-6)14(15)16)20(17,18)13-9-11-3-4-19-9/h1-5,12H,10H2,(H,11,13). The number of nitrogens with one attached hydrogen (secondary N) is 2. The highest BCUT2D eigenvalue weighted by molar-refractivity contribution is 7.93. The van der Waals surface area contributed by atoms with Crippen LogP contribution in [0.1, 0.15) is 0 Å². The van der Waals surface area contributed by atoms with Gasteiger partial charge in [0.15, 0.2) is 10.0 Å². The van der Waals surface area contributed by atoms with Gasteiger partial charge in [0.2, 0.25) is 0 Å². The minimum Gasteiger partial charge on any atom is -0.324 e. The second-order valence-corrected chi connectivity index (χ2v) is 6.07. The van der Waals surface area contributed by atoms with Crippen molar-refractivity contribution in [2.45, 2.75) is 4.90 Å². The molecular formula is C9H9N5O4S2. The average Bonchev–Trinajstić information content (AvgIpc) is 2.90. The fraction of sp³-hybridized carbons (Fsp3) is 0. The molecule has 1 aromatic carbocycles. The van der Waals surface area contributed by atoms with E-state index in [2.05, 4.69) is 15.1 Å². The van der Waals surface area contributed by atoms with Crippen molar-refractivity contribution in [2.24, 2.45) is 5.84 Å². The maximum atomic E-state index is 12.1. The van der Waals surface area contributed by atoms with Crippen LogP contribution in [0.5, 0.6) is 0 Å². The van der Waals surface area contributed by atoms with Gasteiger partial charge in [-0.3, -0.25) is 20.7 Å². The van der Waals surface area contributed by atoms with E-state index in [1.54, 1.807) is 5.38 Å². The second kappa shape index (κ2) is 5.40. The number of anilines is 2. The Balaban J connectivity index is 2.48. The molecule has 0 spiro atoms. The van der Waals surface area contributed by atoms with Gasteiger partial charge in [-0.1, -0.05) is 0 Å². The number of rotatable bonds is 5. The summed E-state index contributed by atoms with van der Waals surface area (Å²) in [5.41, 5.74) is 1.86. The summed E-state index contributed by atoms with van der Waals surface area (Å²) in [4.78, 5) is 13.5. The lowest BCUT2D eigenvalue weighted by Crippen LogP contribution is -2.15. The zero-order chi connectivity index (χ0) is 14.8. The molecule has 0 aliphatic rings. The lowest BCUT2D eigenvalue weighted by atomic mass is 10.3. The lowest BCUT2D eigenvalue weighted by Gasteiger charge is -2.07. The molecule has 0 radical (unpaired) electrons. The average molecular weight is 315 g/mol. The zero-order valence-corrected chi connectivity index (χ0v) is 11.4. The zero-order valence-electron chi connectivity index (χ0n) is 9.81. The van der Waals surface area contributed by atoms with Crippen molar-refractivity contribution in [3.8, 4) is 0 Å². The summed E-state index contributed by atoms with van der Waals surface area (Å²) < 4.78 is 26.4. The summed E-state index contributed by atoms with van der Waals surface area (Å²) in [6.07, 6.45) is 1.42. The number of hydrogen-bond donors (Lipinski definition) is 3. The number of nitrogens with two attached hydrogens (primary N) is 1. The summed E-state index contributed by atoms with van der Waals surface area (Å²) in [6.45, 7) is 0. The van der Waals surface area contributed by atoms with Gasteiger partial charge < -0.3 is 5.43 Å². The van der Waals surface area contributed by atoms with Gasteiger partial charge in [0.05, 0.1) is 10.6 Å². The van der Waals surface area contributed by atoms with Gasteiger partial charge in [0.25, 0.3) is 15.7 Å². The summed E-state index contributed by atoms with van der Waals surface area (Å²) in [5, 5.41) is 12.7. The third kappa shape index (κ3) is 2.84. The van der Waals surface area contributed by atoms with E-state index in [0.29, 0.717) is 0 Å². The van der Waals surface area contributed by atoms with Crippen molar-refractivity contribution in [1.82, 2.24) is 4.98 Å². The molecule has 0 aliphatic carbocycles. The first-order valence-electron chi connectivity index (χ1n) is 5.11. The molecule has 9 nitrogen and oxygen atoms in total. The molecule has 0 saturated carbocycles. The van der Waals surface area contributed by atoms with Crippen LogP contribution in [-0.2, 0) is 10.0 Å². The number of hydrogen-bond acceptors (Lipinski definition) is 8. The van der Waals surface area contributed by atoms with Crippen LogP contribution in [0.3, 0.4) is 0 Å². The number of benzene rings is 1. The minimum atomic E-state index is -4.10. The number of nitro groups is 1. The van der Waals surface area contributed by atoms with Crippen LogP contribution in [0, 0.1) is 10.1 Å². The van der Waals surface area contributed by atoms with Crippen LogP contribution >= 0.6 is 11.3 Å². The summed E-state index contributed by atoms with van der Waals surface area (Å²) in [6, 6.07) is 3.46. The van der Waals surface area contributed by atoms with E-state index in [-0.39, 0.29) is 10.8 Å². The molecule has 0 fully saturated rings. The van der Waals surface area contributed by atoms with Gasteiger partial charge in [0, 0.05) is 17.6 Å². The molecule has 0 unspecified atom stereocenters. The molecule has 0 aliphatic heterocycles. The molecule has 11 heteroatoms. The Hall–Kier alpha value is -2.24. The van der Waals surface area contributed by atoms with E-state index < -0.39 is 25.5 Å². The predicted octanol–water partition coefficient (Wildman–Crippen LogP) is 1.14. The molecule has 4 N–H and O–H groups in total. The molecule has 2 aromatic rings. The normalized spacial score (nSPS) is 11.1. The third-order valence-electron chi connectivity index (χ3n) is 2.27. The molecule has 0 bridgehead atoms. The maximum Gasteiger partial charge on any atom is 0.291 e. The van der Waals surface area contributed by atoms with Crippen molar-refractivity contribution < 1.29 is 13.3 Å². The molecule has 20 heavy (non-hydrogen) atoms. The fourth-order valence-corrected chi connectivity index (χ4v) is 3.36. The van der Waals surface area contributed by atoms with Crippen LogP contribution in [0.4, 0.5) is 16.5 Å². The summed E-state index contributed by atoms with van der Waals surface area (Å²) >= 11 is 1.06. The predicted molar refractivity (Wildman–Crippen MR) is 73.8 cm³/mol. The molecule has 1 heterocycles. The van der Waals surface area contributed by atoms with E-state index in [0.717, 1.165) is 23.5 Å². The number of sulfonamides is 1. The number of nitrogens with zero attached hydrogens (tertiary/aromatic N) is 2. The Kier molecular flexibility index (Phi) is 3.83. The largest absolute Gasteiger partial charge is 0.324 e. The van der Waals surface area contributed by atoms with Gasteiger partial charge in [-0.15, -0.1) is 11.3 Å². The first-order chi connectivity index (χ1) is 9.44. The molecule has 0 amide bonds. The van der Waals surface area contributed by atoms with Gasteiger partial charge in [0.1, 0.15) is 0 Å². The molecule has 0 saturated heterocycles. The molecule has 2 rings (SSSR count). The van der Waals surface area contributed by atoms with Crippen LogP contribution < -0.4 is 16.0 Å². The van der Waals surface area contributed by atoms with Gasteiger partial charge in [-0.2, -0.15) is 0 Å². The maximum absolute atomic E-state index is 12.1. The first-order valence-corrected chi connectivity index (χ1v) is 7.47. The SMILES string of the molecule is NNc1ccc(S(=O)(=O)Nc2nccs2)c([N+](=O)[O-])c1. The van der Waals surface area contributed by atoms with Crippen molar-refractivity contribution in [2.75, 3.05) is 10.1 Å². The Bertz CT molecular complexity index is 729. The van der Waals surface area contributed by atoms with E-state index in [4.69, 9.17) is 5.84 Å². The van der Waals surface area contributed by atoms with Crippen molar-refractivity contribution in [3.05, 3.63) is 39.9 Å². The number of nitrogen functional groups attached to an aromatic ring is 1. The van der Waals surface area contributed by atoms with E-state index in [9.17, 15) is 18.5 Å². The Morgan fingerprint density at radius 3 is 2.70 bits per heavy atom. The topological polar surface area (TPSA) is 140 Å². The highest BCUT2D eigenvalue weighted by Gasteiger charge is 2.26. The van der Waals surface area contributed by atoms with Crippen LogP contribution in [0.15, 0.2) is 34.7 Å². The Morgan fingerprint density at radius 1 is 1.40 bits per heavy atom. The highest BCUT2D eigenvalue weighted by Crippen LogP contribution is 2.28. The molecular weight excluding hydrogens is 306 g/mol. The van der Waals surface area contributed by atoms with E-state index >= 15 is 0 Å². The van der Waals surface area contributed by atoms with E-state index in [1.165, 1.54) is 12.3 Å². The highest BCUT2D eigenvalue weighted by atomic mass is 32.2. The Morgan fingerprint density at radius 2 is 2.15 bits per heavy atom. The van der Waals surface area contributed by atoms with Gasteiger partial charge >= 0.3 is 0 Å². The van der Waals surface area contributed by atoms with Crippen molar-refractivity contribution >= 4 is 37.9 Å². The van der Waals surface area contributed by atoms with Crippen molar-refractivity contribution in [1.29, 1.82) is 0 Å². The monoisotopic (exact) mass is 315 g/mol. The number of hydrazine groups is 1. The number of aromatic nitrogens is 1. The molecule has 106 valence electrons. The Labute approximate surface area is 117 Å². The lowest BCUT2D eigenvalue weighted by molar-refractivity contribution is -0.387. The van der Waals surface area contributed by atoms with Crippen molar-refractivity contribution in [3.63, 3.8) is 0 Å². The van der Waals surface area contributed by atoms with Gasteiger partial charge in [-0.05, 0) is 12.1 Å². The van der Waals surface area contributed by atoms with E-state index in [1.807, 2.05) is 0 Å². The number of thiazole rings is 1. The smallest absolute Gasteiger partial charge is 0.291 e. The van der Waals surface area contributed by atoms with Crippen LogP contribution in [0.2, 0.25) is 0 Å². The third-order valence-corrected chi connectivity index (χ3v) is 4.47. The summed E-state index contributed by atoms with van der Waals surface area (Å²) in [5.74, 6) is 5.14. The second-order valence-electron chi connectivity index (χ2n) is 3.53. The molecule has 0 atom stereocenters. The first kappa shape index (κ1) is 14.2. The summed E-state index contributed by atoms with van der Waals surface area (Å²) in [7, 11) is -4.10. The fourth-order valence-electron chi connectivity index (χ4n) is 1.42. The molecule has 1 aromatic heterocycles.